The number of carbonyl (C=O) groups excluding carboxylic acids is 3. The van der Waals surface area contributed by atoms with Gasteiger partial charge in [-0.05, 0) is 32.3 Å². The number of benzene rings is 1. The van der Waals surface area contributed by atoms with Crippen LogP contribution < -0.4 is 0 Å². The zero-order valence-electron chi connectivity index (χ0n) is 20.1. The first kappa shape index (κ1) is 24.1. The van der Waals surface area contributed by atoms with Crippen LogP contribution >= 0.6 is 11.8 Å². The average molecular weight is 497 g/mol. The Hall–Kier alpha value is -2.58. The van der Waals surface area contributed by atoms with Gasteiger partial charge in [-0.3, -0.25) is 14.4 Å². The van der Waals surface area contributed by atoms with Gasteiger partial charge in [0, 0.05) is 17.8 Å². The monoisotopic (exact) mass is 496 g/mol. The van der Waals surface area contributed by atoms with E-state index < -0.39 is 28.7 Å². The van der Waals surface area contributed by atoms with Crippen LogP contribution in [-0.2, 0) is 25.5 Å². The van der Waals surface area contributed by atoms with Crippen LogP contribution in [0, 0.1) is 11.8 Å². The molecule has 7 nitrogen and oxygen atoms in total. The first-order valence-corrected chi connectivity index (χ1v) is 13.2. The number of amides is 2. The molecule has 1 spiro atoms. The zero-order valence-corrected chi connectivity index (χ0v) is 20.9. The summed E-state index contributed by atoms with van der Waals surface area (Å²) in [4.78, 5) is 44.9. The van der Waals surface area contributed by atoms with E-state index in [0.29, 0.717) is 19.4 Å². The third kappa shape index (κ3) is 3.91. The fourth-order valence-corrected chi connectivity index (χ4v) is 8.05. The highest BCUT2D eigenvalue weighted by Crippen LogP contribution is 2.61. The van der Waals surface area contributed by atoms with Crippen LogP contribution in [0.4, 0.5) is 0 Å². The number of thioether (sulfide) groups is 1. The molecule has 8 heteroatoms. The minimum Gasteiger partial charge on any atom is -0.465 e. The van der Waals surface area contributed by atoms with Gasteiger partial charge in [-0.1, -0.05) is 54.6 Å². The molecular formula is C27H32N2O5S. The van der Waals surface area contributed by atoms with E-state index >= 15 is 0 Å². The number of cyclic esters (lactones) is 1. The summed E-state index contributed by atoms with van der Waals surface area (Å²) in [5.41, 5.74) is 0.974. The molecular weight excluding hydrogens is 464 g/mol. The second-order valence-corrected chi connectivity index (χ2v) is 11.5. The van der Waals surface area contributed by atoms with Crippen molar-refractivity contribution in [2.45, 2.75) is 54.8 Å². The first-order valence-electron chi connectivity index (χ1n) is 12.3. The largest absolute Gasteiger partial charge is 0.465 e. The molecule has 1 unspecified atom stereocenters. The average Bonchev–Trinajstić information content (AvgIpc) is 3.21. The Balaban J connectivity index is 1.62. The van der Waals surface area contributed by atoms with Crippen molar-refractivity contribution in [3.63, 3.8) is 0 Å². The number of carbonyl (C=O) groups is 3. The molecule has 2 amide bonds. The van der Waals surface area contributed by atoms with Gasteiger partial charge in [0.1, 0.15) is 6.04 Å². The lowest BCUT2D eigenvalue weighted by Crippen LogP contribution is -2.57. The van der Waals surface area contributed by atoms with Crippen molar-refractivity contribution >= 4 is 29.5 Å². The Bertz CT molecular complexity index is 1060. The summed E-state index contributed by atoms with van der Waals surface area (Å²) in [7, 11) is 0. The standard InChI is InChI=1S/C27H32N2O5S/c1-17(2)28-13-8-12-27-22(21-20(35-27)11-6-7-14-34-26(21)33)24(31)29(23(27)25(28)32)19(16-30)15-18-9-4-3-5-10-18/h3-6,8-12,17,19-23,30H,7,13-16H2,1-2H3/t19-,20-,21+,22+,23?,27+/m1/s1. The van der Waals surface area contributed by atoms with Crippen LogP contribution in [0.1, 0.15) is 25.8 Å². The molecule has 35 heavy (non-hydrogen) atoms. The summed E-state index contributed by atoms with van der Waals surface area (Å²) in [5.74, 6) is -2.16. The van der Waals surface area contributed by atoms with Crippen molar-refractivity contribution in [1.82, 2.24) is 9.80 Å². The molecule has 1 aromatic rings. The minimum absolute atomic E-state index is 0.0510. The molecule has 0 radical (unpaired) electrons. The van der Waals surface area contributed by atoms with E-state index in [2.05, 4.69) is 0 Å². The lowest BCUT2D eigenvalue weighted by atomic mass is 9.78. The summed E-state index contributed by atoms with van der Waals surface area (Å²) < 4.78 is 4.62. The normalized spacial score (nSPS) is 33.1. The summed E-state index contributed by atoms with van der Waals surface area (Å²) in [6.07, 6.45) is 9.03. The van der Waals surface area contributed by atoms with E-state index in [9.17, 15) is 19.5 Å². The van der Waals surface area contributed by atoms with Crippen molar-refractivity contribution < 1.29 is 24.2 Å². The molecule has 0 aliphatic carbocycles. The first-order chi connectivity index (χ1) is 16.9. The van der Waals surface area contributed by atoms with Gasteiger partial charge in [-0.15, -0.1) is 11.8 Å². The molecule has 5 rings (SSSR count). The van der Waals surface area contributed by atoms with E-state index in [1.54, 1.807) is 9.80 Å². The Morgan fingerprint density at radius 2 is 1.91 bits per heavy atom. The van der Waals surface area contributed by atoms with Gasteiger partial charge in [-0.25, -0.2) is 0 Å². The fraction of sp³-hybridized carbons (Fsp3) is 0.519. The number of ether oxygens (including phenoxy) is 1. The van der Waals surface area contributed by atoms with E-state index in [1.807, 2.05) is 68.5 Å². The number of aliphatic hydroxyl groups excluding tert-OH is 1. The predicted molar refractivity (Wildman–Crippen MR) is 133 cm³/mol. The van der Waals surface area contributed by atoms with Gasteiger partial charge >= 0.3 is 5.97 Å². The second kappa shape index (κ2) is 9.47. The van der Waals surface area contributed by atoms with Gasteiger partial charge in [-0.2, -0.15) is 0 Å². The van der Waals surface area contributed by atoms with Crippen molar-refractivity contribution in [3.05, 3.63) is 60.2 Å². The van der Waals surface area contributed by atoms with E-state index in [0.717, 1.165) is 5.56 Å². The predicted octanol–water partition coefficient (Wildman–Crippen LogP) is 2.20. The molecule has 1 aromatic carbocycles. The maximum absolute atomic E-state index is 14.2. The maximum atomic E-state index is 14.2. The third-order valence-electron chi connectivity index (χ3n) is 7.63. The van der Waals surface area contributed by atoms with Gasteiger partial charge in [0.05, 0.1) is 35.8 Å². The highest BCUT2D eigenvalue weighted by atomic mass is 32.2. The Morgan fingerprint density at radius 3 is 2.63 bits per heavy atom. The molecule has 186 valence electrons. The summed E-state index contributed by atoms with van der Waals surface area (Å²) >= 11 is 1.53. The number of hydrogen-bond acceptors (Lipinski definition) is 6. The lowest BCUT2D eigenvalue weighted by molar-refractivity contribution is -0.153. The van der Waals surface area contributed by atoms with Gasteiger partial charge in [0.25, 0.3) is 0 Å². The van der Waals surface area contributed by atoms with Crippen LogP contribution in [0.3, 0.4) is 0 Å². The number of esters is 1. The molecule has 6 atom stereocenters. The molecule has 1 N–H and O–H groups in total. The molecule has 2 saturated heterocycles. The van der Waals surface area contributed by atoms with Crippen molar-refractivity contribution in [3.8, 4) is 0 Å². The lowest BCUT2D eigenvalue weighted by Gasteiger charge is -2.39. The van der Waals surface area contributed by atoms with Crippen LogP contribution in [0.15, 0.2) is 54.6 Å². The van der Waals surface area contributed by atoms with Crippen LogP contribution in [0.5, 0.6) is 0 Å². The number of nitrogens with zero attached hydrogens (tertiary/aromatic N) is 2. The fourth-order valence-electron chi connectivity index (χ4n) is 6.06. The van der Waals surface area contributed by atoms with Crippen molar-refractivity contribution in [2.75, 3.05) is 19.8 Å². The maximum Gasteiger partial charge on any atom is 0.311 e. The molecule has 2 fully saturated rings. The molecule has 4 heterocycles. The van der Waals surface area contributed by atoms with Crippen LogP contribution in [0.2, 0.25) is 0 Å². The van der Waals surface area contributed by atoms with Crippen molar-refractivity contribution in [2.24, 2.45) is 11.8 Å². The zero-order chi connectivity index (χ0) is 24.7. The Labute approximate surface area is 210 Å². The molecule has 4 aliphatic heterocycles. The van der Waals surface area contributed by atoms with E-state index in [4.69, 9.17) is 4.74 Å². The van der Waals surface area contributed by atoms with Crippen LogP contribution in [-0.4, -0.2) is 80.6 Å². The topological polar surface area (TPSA) is 87.2 Å². The highest BCUT2D eigenvalue weighted by molar-refractivity contribution is 8.02. The third-order valence-corrected chi connectivity index (χ3v) is 9.38. The number of likely N-dealkylation sites (tertiary alicyclic amines) is 1. The summed E-state index contributed by atoms with van der Waals surface area (Å²) in [5, 5.41) is 10.2. The quantitative estimate of drug-likeness (QED) is 0.497. The highest BCUT2D eigenvalue weighted by Gasteiger charge is 2.71. The van der Waals surface area contributed by atoms with Gasteiger partial charge < -0.3 is 19.6 Å². The molecule has 0 saturated carbocycles. The van der Waals surface area contributed by atoms with Gasteiger partial charge in [0.15, 0.2) is 0 Å². The second-order valence-electron chi connectivity index (χ2n) is 9.98. The number of hydrogen-bond donors (Lipinski definition) is 1. The number of fused-ring (bicyclic) bond motifs is 2. The van der Waals surface area contributed by atoms with E-state index in [-0.39, 0.29) is 42.3 Å². The number of aliphatic hydroxyl groups is 1. The van der Waals surface area contributed by atoms with Crippen LogP contribution in [0.25, 0.3) is 0 Å². The summed E-state index contributed by atoms with van der Waals surface area (Å²) in [6, 6.07) is 8.23. The van der Waals surface area contributed by atoms with Crippen molar-refractivity contribution in [1.29, 1.82) is 0 Å². The smallest absolute Gasteiger partial charge is 0.311 e. The summed E-state index contributed by atoms with van der Waals surface area (Å²) in [6.45, 7) is 4.38. The van der Waals surface area contributed by atoms with E-state index in [1.165, 1.54) is 11.8 Å². The Kier molecular flexibility index (Phi) is 6.53. The number of rotatable bonds is 5. The molecule has 4 aliphatic rings. The van der Waals surface area contributed by atoms with Gasteiger partial charge in [0.2, 0.25) is 11.8 Å². The Morgan fingerprint density at radius 1 is 1.14 bits per heavy atom. The molecule has 0 aromatic heterocycles. The minimum atomic E-state index is -0.898. The molecule has 0 bridgehead atoms. The SMILES string of the molecule is CC(C)N1CC=C[C@]23S[C@@H]4C=CCCOC(=O)[C@@H]4[C@H]2C(=O)N([C@@H](CO)Cc2ccccc2)C3C1=O.